The van der Waals surface area contributed by atoms with Gasteiger partial charge in [-0.05, 0) is 24.6 Å². The molecule has 4 heteroatoms. The molecule has 0 aliphatic heterocycles. The highest BCUT2D eigenvalue weighted by atomic mass is 19.1. The molecule has 0 saturated heterocycles. The van der Waals surface area contributed by atoms with Crippen molar-refractivity contribution in [1.29, 1.82) is 0 Å². The molecule has 1 rings (SSSR count). The highest BCUT2D eigenvalue weighted by Gasteiger charge is 2.09. The van der Waals surface area contributed by atoms with Crippen molar-refractivity contribution in [1.82, 2.24) is 5.48 Å². The first-order chi connectivity index (χ1) is 6.19. The molecule has 0 saturated carbocycles. The Morgan fingerprint density at radius 2 is 2.23 bits per heavy atom. The fraction of sp³-hybridized carbons (Fsp3) is 0.333. The number of halogens is 1. The van der Waals surface area contributed by atoms with Crippen molar-refractivity contribution < 1.29 is 14.3 Å². The van der Waals surface area contributed by atoms with Crippen molar-refractivity contribution in [2.45, 2.75) is 13.5 Å². The van der Waals surface area contributed by atoms with Crippen LogP contribution in [0.4, 0.5) is 4.39 Å². The summed E-state index contributed by atoms with van der Waals surface area (Å²) >= 11 is 0. The van der Waals surface area contributed by atoms with E-state index in [0.29, 0.717) is 11.3 Å². The minimum absolute atomic E-state index is 0.0370. The van der Waals surface area contributed by atoms with Crippen LogP contribution < -0.4 is 10.2 Å². The molecule has 1 aromatic rings. The van der Waals surface area contributed by atoms with Gasteiger partial charge in [-0.3, -0.25) is 0 Å². The molecule has 72 valence electrons. The van der Waals surface area contributed by atoms with Crippen LogP contribution in [0, 0.1) is 12.7 Å². The van der Waals surface area contributed by atoms with Gasteiger partial charge in [-0.15, -0.1) is 0 Å². The molecule has 0 heterocycles. The summed E-state index contributed by atoms with van der Waals surface area (Å²) in [6.07, 6.45) is 0. The van der Waals surface area contributed by atoms with Gasteiger partial charge in [0.05, 0.1) is 13.7 Å². The Hall–Kier alpha value is -1.13. The first-order valence-corrected chi connectivity index (χ1v) is 3.89. The minimum atomic E-state index is -0.376. The fourth-order valence-electron chi connectivity index (χ4n) is 1.17. The summed E-state index contributed by atoms with van der Waals surface area (Å²) < 4.78 is 18.2. The van der Waals surface area contributed by atoms with Gasteiger partial charge in [-0.25, -0.2) is 9.87 Å². The highest BCUT2D eigenvalue weighted by Crippen LogP contribution is 2.23. The van der Waals surface area contributed by atoms with Crippen LogP contribution in [-0.2, 0) is 6.54 Å². The second-order valence-corrected chi connectivity index (χ2v) is 2.76. The maximum Gasteiger partial charge on any atom is 0.131 e. The predicted molar refractivity (Wildman–Crippen MR) is 46.3 cm³/mol. The van der Waals surface area contributed by atoms with E-state index in [1.54, 1.807) is 13.0 Å². The Balaban J connectivity index is 3.13. The number of hydroxylamine groups is 1. The summed E-state index contributed by atoms with van der Waals surface area (Å²) in [6.45, 7) is 1.82. The van der Waals surface area contributed by atoms with Gasteiger partial charge < -0.3 is 9.94 Å². The summed E-state index contributed by atoms with van der Waals surface area (Å²) in [4.78, 5) is 0. The van der Waals surface area contributed by atoms with E-state index in [1.807, 2.05) is 5.48 Å². The lowest BCUT2D eigenvalue weighted by Gasteiger charge is -2.09. The zero-order chi connectivity index (χ0) is 9.84. The van der Waals surface area contributed by atoms with Crippen molar-refractivity contribution in [3.63, 3.8) is 0 Å². The van der Waals surface area contributed by atoms with Gasteiger partial charge in [0.15, 0.2) is 0 Å². The number of ether oxygens (including phenoxy) is 1. The normalized spacial score (nSPS) is 10.2. The number of benzene rings is 1. The minimum Gasteiger partial charge on any atom is -0.496 e. The second-order valence-electron chi connectivity index (χ2n) is 2.76. The van der Waals surface area contributed by atoms with Crippen LogP contribution >= 0.6 is 0 Å². The van der Waals surface area contributed by atoms with Gasteiger partial charge in [-0.1, -0.05) is 0 Å². The zero-order valence-corrected chi connectivity index (χ0v) is 7.60. The average molecular weight is 185 g/mol. The maximum absolute atomic E-state index is 13.3. The molecule has 0 fully saturated rings. The molecular weight excluding hydrogens is 173 g/mol. The molecule has 0 radical (unpaired) electrons. The van der Waals surface area contributed by atoms with Gasteiger partial charge in [0.1, 0.15) is 11.6 Å². The van der Waals surface area contributed by atoms with Gasteiger partial charge in [0.2, 0.25) is 0 Å². The lowest BCUT2D eigenvalue weighted by atomic mass is 10.1. The van der Waals surface area contributed by atoms with Crippen LogP contribution in [0.3, 0.4) is 0 Å². The van der Waals surface area contributed by atoms with Crippen molar-refractivity contribution >= 4 is 0 Å². The molecular formula is C9H12FNO2. The molecule has 13 heavy (non-hydrogen) atoms. The van der Waals surface area contributed by atoms with E-state index in [1.165, 1.54) is 13.2 Å². The Morgan fingerprint density at radius 3 is 2.77 bits per heavy atom. The SMILES string of the molecule is COc1cc(C)cc(F)c1CNO. The fourth-order valence-corrected chi connectivity index (χ4v) is 1.17. The molecule has 0 aromatic heterocycles. The van der Waals surface area contributed by atoms with E-state index in [-0.39, 0.29) is 12.4 Å². The van der Waals surface area contributed by atoms with Gasteiger partial charge in [0.25, 0.3) is 0 Å². The third-order valence-corrected chi connectivity index (χ3v) is 1.77. The highest BCUT2D eigenvalue weighted by molar-refractivity contribution is 5.38. The van der Waals surface area contributed by atoms with Crippen LogP contribution in [0.2, 0.25) is 0 Å². The van der Waals surface area contributed by atoms with E-state index in [2.05, 4.69) is 0 Å². The quantitative estimate of drug-likeness (QED) is 0.703. The number of nitrogens with one attached hydrogen (secondary N) is 1. The first kappa shape index (κ1) is 9.95. The van der Waals surface area contributed by atoms with Gasteiger partial charge in [-0.2, -0.15) is 0 Å². The molecule has 1 aromatic carbocycles. The van der Waals surface area contributed by atoms with Crippen molar-refractivity contribution in [2.75, 3.05) is 7.11 Å². The van der Waals surface area contributed by atoms with Crippen LogP contribution in [0.5, 0.6) is 5.75 Å². The molecule has 0 spiro atoms. The van der Waals surface area contributed by atoms with E-state index < -0.39 is 0 Å². The standard InChI is InChI=1S/C9H12FNO2/c1-6-3-8(10)7(5-11-12)9(4-6)13-2/h3-4,11-12H,5H2,1-2H3. The molecule has 2 N–H and O–H groups in total. The van der Waals surface area contributed by atoms with Crippen molar-refractivity contribution in [3.05, 3.63) is 29.1 Å². The Bertz CT molecular complexity index is 302. The average Bonchev–Trinajstić information content (AvgIpc) is 2.09. The van der Waals surface area contributed by atoms with Crippen molar-refractivity contribution in [2.24, 2.45) is 0 Å². The predicted octanol–water partition coefficient (Wildman–Crippen LogP) is 1.62. The summed E-state index contributed by atoms with van der Waals surface area (Å²) in [5, 5.41) is 8.46. The Labute approximate surface area is 76.1 Å². The number of methoxy groups -OCH3 is 1. The zero-order valence-electron chi connectivity index (χ0n) is 7.60. The smallest absolute Gasteiger partial charge is 0.131 e. The largest absolute Gasteiger partial charge is 0.496 e. The lowest BCUT2D eigenvalue weighted by Crippen LogP contribution is -2.09. The third kappa shape index (κ3) is 2.17. The maximum atomic E-state index is 13.3. The van der Waals surface area contributed by atoms with Crippen LogP contribution in [-0.4, -0.2) is 12.3 Å². The van der Waals surface area contributed by atoms with E-state index in [0.717, 1.165) is 5.56 Å². The topological polar surface area (TPSA) is 41.5 Å². The first-order valence-electron chi connectivity index (χ1n) is 3.89. The molecule has 0 aliphatic rings. The summed E-state index contributed by atoms with van der Waals surface area (Å²) in [5.41, 5.74) is 3.02. The number of hydrogen-bond acceptors (Lipinski definition) is 3. The summed E-state index contributed by atoms with van der Waals surface area (Å²) in [6, 6.07) is 3.12. The van der Waals surface area contributed by atoms with Crippen LogP contribution in [0.25, 0.3) is 0 Å². The molecule has 0 aliphatic carbocycles. The van der Waals surface area contributed by atoms with Crippen molar-refractivity contribution in [3.8, 4) is 5.75 Å². The molecule has 0 atom stereocenters. The molecule has 3 nitrogen and oxygen atoms in total. The third-order valence-electron chi connectivity index (χ3n) is 1.77. The number of rotatable bonds is 3. The monoisotopic (exact) mass is 185 g/mol. The van der Waals surface area contributed by atoms with E-state index in [9.17, 15) is 4.39 Å². The number of hydrogen-bond donors (Lipinski definition) is 2. The van der Waals surface area contributed by atoms with Gasteiger partial charge >= 0.3 is 0 Å². The van der Waals surface area contributed by atoms with Gasteiger partial charge in [0, 0.05) is 5.56 Å². The number of aryl methyl sites for hydroxylation is 1. The van der Waals surface area contributed by atoms with Crippen LogP contribution in [0.15, 0.2) is 12.1 Å². The van der Waals surface area contributed by atoms with E-state index in [4.69, 9.17) is 9.94 Å². The lowest BCUT2D eigenvalue weighted by molar-refractivity contribution is 0.158. The Kier molecular flexibility index (Phi) is 3.22. The second kappa shape index (κ2) is 4.20. The van der Waals surface area contributed by atoms with Crippen LogP contribution in [0.1, 0.15) is 11.1 Å². The molecule has 0 amide bonds. The summed E-state index contributed by atoms with van der Waals surface area (Å²) in [7, 11) is 1.47. The van der Waals surface area contributed by atoms with E-state index >= 15 is 0 Å². The Morgan fingerprint density at radius 1 is 1.54 bits per heavy atom. The molecule has 0 unspecified atom stereocenters. The summed E-state index contributed by atoms with van der Waals surface area (Å²) in [5.74, 6) is 0.0671. The molecule has 0 bridgehead atoms.